The first-order chi connectivity index (χ1) is 7.61. The Morgan fingerprint density at radius 3 is 2.50 bits per heavy atom. The van der Waals surface area contributed by atoms with Crippen molar-refractivity contribution in [1.29, 1.82) is 5.26 Å². The van der Waals surface area contributed by atoms with Crippen molar-refractivity contribution < 1.29 is 9.90 Å². The summed E-state index contributed by atoms with van der Waals surface area (Å²) in [4.78, 5) is 13.8. The molecule has 1 aliphatic carbocycles. The molecule has 1 saturated carbocycles. The number of aliphatic hydroxyl groups excluding tert-OH is 1. The summed E-state index contributed by atoms with van der Waals surface area (Å²) in [5.74, 6) is -0.665. The van der Waals surface area contributed by atoms with Gasteiger partial charge in [0.2, 0.25) is 5.91 Å². The first kappa shape index (κ1) is 13.0. The van der Waals surface area contributed by atoms with Gasteiger partial charge >= 0.3 is 0 Å². The van der Waals surface area contributed by atoms with Crippen LogP contribution in [0.2, 0.25) is 0 Å². The van der Waals surface area contributed by atoms with Crippen LogP contribution in [0.1, 0.15) is 33.1 Å². The zero-order valence-corrected chi connectivity index (χ0v) is 10.0. The molecular weight excluding hydrogens is 204 g/mol. The molecule has 0 aromatic heterocycles. The minimum Gasteiger partial charge on any atom is -0.395 e. The van der Waals surface area contributed by atoms with Crippen LogP contribution in [0.25, 0.3) is 0 Å². The summed E-state index contributed by atoms with van der Waals surface area (Å²) in [5, 5.41) is 18.0. The van der Waals surface area contributed by atoms with E-state index in [1.807, 2.05) is 13.8 Å². The Hall–Kier alpha value is -1.08. The van der Waals surface area contributed by atoms with Crippen LogP contribution in [0.3, 0.4) is 0 Å². The fourth-order valence-electron chi connectivity index (χ4n) is 1.95. The van der Waals surface area contributed by atoms with Gasteiger partial charge in [-0.3, -0.25) is 4.79 Å². The highest BCUT2D eigenvalue weighted by atomic mass is 16.3. The lowest BCUT2D eigenvalue weighted by Gasteiger charge is -2.38. The maximum Gasteiger partial charge on any atom is 0.240 e. The molecule has 0 spiro atoms. The van der Waals surface area contributed by atoms with Crippen LogP contribution >= 0.6 is 0 Å². The van der Waals surface area contributed by atoms with Gasteiger partial charge in [-0.15, -0.1) is 0 Å². The van der Waals surface area contributed by atoms with E-state index in [0.29, 0.717) is 6.54 Å². The number of amides is 1. The number of hydrogen-bond donors (Lipinski definition) is 1. The molecule has 1 amide bonds. The van der Waals surface area contributed by atoms with Crippen molar-refractivity contribution in [3.63, 3.8) is 0 Å². The molecular formula is C12H20N2O2. The summed E-state index contributed by atoms with van der Waals surface area (Å²) in [6, 6.07) is 2.32. The van der Waals surface area contributed by atoms with Gasteiger partial charge in [0.15, 0.2) is 0 Å². The van der Waals surface area contributed by atoms with Crippen molar-refractivity contribution in [3.05, 3.63) is 0 Å². The van der Waals surface area contributed by atoms with Crippen molar-refractivity contribution in [2.45, 2.75) is 39.2 Å². The number of nitriles is 1. The van der Waals surface area contributed by atoms with Gasteiger partial charge in [0, 0.05) is 12.6 Å². The molecule has 1 atom stereocenters. The average Bonchev–Trinajstić information content (AvgIpc) is 2.14. The minimum absolute atomic E-state index is 0.0266. The largest absolute Gasteiger partial charge is 0.395 e. The van der Waals surface area contributed by atoms with Crippen molar-refractivity contribution in [3.8, 4) is 6.07 Å². The van der Waals surface area contributed by atoms with Crippen molar-refractivity contribution in [1.82, 2.24) is 4.90 Å². The van der Waals surface area contributed by atoms with Crippen molar-refractivity contribution in [2.24, 2.45) is 11.8 Å². The second kappa shape index (κ2) is 5.86. The highest BCUT2D eigenvalue weighted by Gasteiger charge is 2.33. The summed E-state index contributed by atoms with van der Waals surface area (Å²) < 4.78 is 0. The first-order valence-electron chi connectivity index (χ1n) is 5.92. The Labute approximate surface area is 96.9 Å². The zero-order chi connectivity index (χ0) is 12.1. The molecule has 1 rings (SSSR count). The van der Waals surface area contributed by atoms with Crippen LogP contribution in [0, 0.1) is 23.2 Å². The molecule has 16 heavy (non-hydrogen) atoms. The second-order valence-electron chi connectivity index (χ2n) is 4.69. The van der Waals surface area contributed by atoms with E-state index in [9.17, 15) is 4.79 Å². The lowest BCUT2D eigenvalue weighted by Crippen LogP contribution is -2.48. The number of carbonyl (C=O) groups is 1. The molecule has 4 nitrogen and oxygen atoms in total. The Balaban J connectivity index is 2.69. The standard InChI is InChI=1S/C12H20N2O2/c1-9(2)11(8-13)12(16)14(6-7-15)10-4-3-5-10/h9-11,15H,3-7H2,1-2H3. The van der Waals surface area contributed by atoms with Gasteiger partial charge in [0.05, 0.1) is 12.7 Å². The summed E-state index contributed by atoms with van der Waals surface area (Å²) in [5.41, 5.74) is 0. The van der Waals surface area contributed by atoms with E-state index in [0.717, 1.165) is 19.3 Å². The van der Waals surface area contributed by atoms with E-state index < -0.39 is 5.92 Å². The van der Waals surface area contributed by atoms with Crippen molar-refractivity contribution in [2.75, 3.05) is 13.2 Å². The smallest absolute Gasteiger partial charge is 0.240 e. The highest BCUT2D eigenvalue weighted by Crippen LogP contribution is 2.27. The van der Waals surface area contributed by atoms with E-state index >= 15 is 0 Å². The predicted octanol–water partition coefficient (Wildman–Crippen LogP) is 1.16. The summed E-state index contributed by atoms with van der Waals surface area (Å²) in [6.07, 6.45) is 3.14. The maximum absolute atomic E-state index is 12.1. The summed E-state index contributed by atoms with van der Waals surface area (Å²) in [7, 11) is 0. The SMILES string of the molecule is CC(C)C(C#N)C(=O)N(CCO)C1CCC1. The van der Waals surface area contributed by atoms with E-state index in [-0.39, 0.29) is 24.5 Å². The van der Waals surface area contributed by atoms with Gasteiger partial charge in [-0.1, -0.05) is 13.8 Å². The number of nitrogens with zero attached hydrogens (tertiary/aromatic N) is 2. The maximum atomic E-state index is 12.1. The quantitative estimate of drug-likeness (QED) is 0.762. The average molecular weight is 224 g/mol. The molecule has 4 heteroatoms. The van der Waals surface area contributed by atoms with Crippen LogP contribution in [0.15, 0.2) is 0 Å². The first-order valence-corrected chi connectivity index (χ1v) is 5.92. The molecule has 1 N–H and O–H groups in total. The Bertz CT molecular complexity index is 279. The van der Waals surface area contributed by atoms with Gasteiger partial charge < -0.3 is 10.0 Å². The second-order valence-corrected chi connectivity index (χ2v) is 4.69. The number of carbonyl (C=O) groups excluding carboxylic acids is 1. The van der Waals surface area contributed by atoms with Crippen LogP contribution in [0.4, 0.5) is 0 Å². The van der Waals surface area contributed by atoms with Gasteiger partial charge in [0.1, 0.15) is 5.92 Å². The lowest BCUT2D eigenvalue weighted by molar-refractivity contribution is -0.139. The predicted molar refractivity (Wildman–Crippen MR) is 60.4 cm³/mol. The fourth-order valence-corrected chi connectivity index (χ4v) is 1.95. The van der Waals surface area contributed by atoms with E-state index in [1.165, 1.54) is 0 Å². The van der Waals surface area contributed by atoms with E-state index in [1.54, 1.807) is 4.90 Å². The molecule has 90 valence electrons. The third-order valence-electron chi connectivity index (χ3n) is 3.21. The van der Waals surface area contributed by atoms with Crippen LogP contribution in [-0.2, 0) is 4.79 Å². The number of aliphatic hydroxyl groups is 1. The summed E-state index contributed by atoms with van der Waals surface area (Å²) >= 11 is 0. The molecule has 0 aromatic rings. The van der Waals surface area contributed by atoms with E-state index in [2.05, 4.69) is 6.07 Å². The molecule has 0 aliphatic heterocycles. The molecule has 0 heterocycles. The van der Waals surface area contributed by atoms with Gasteiger partial charge in [0.25, 0.3) is 0 Å². The fraction of sp³-hybridized carbons (Fsp3) is 0.833. The van der Waals surface area contributed by atoms with Gasteiger partial charge in [-0.05, 0) is 25.2 Å². The minimum atomic E-state index is -0.577. The molecule has 1 aliphatic rings. The third kappa shape index (κ3) is 2.73. The molecule has 0 saturated heterocycles. The lowest BCUT2D eigenvalue weighted by atomic mass is 9.88. The third-order valence-corrected chi connectivity index (χ3v) is 3.21. The number of hydrogen-bond acceptors (Lipinski definition) is 3. The molecule has 0 bridgehead atoms. The molecule has 1 fully saturated rings. The number of rotatable bonds is 5. The monoisotopic (exact) mass is 224 g/mol. The van der Waals surface area contributed by atoms with Gasteiger partial charge in [-0.25, -0.2) is 0 Å². The molecule has 1 unspecified atom stereocenters. The van der Waals surface area contributed by atoms with Crippen LogP contribution < -0.4 is 0 Å². The Morgan fingerprint density at radius 1 is 1.56 bits per heavy atom. The van der Waals surface area contributed by atoms with Gasteiger partial charge in [-0.2, -0.15) is 5.26 Å². The van der Waals surface area contributed by atoms with Crippen molar-refractivity contribution >= 4 is 5.91 Å². The van der Waals surface area contributed by atoms with Crippen LogP contribution in [-0.4, -0.2) is 35.1 Å². The summed E-state index contributed by atoms with van der Waals surface area (Å²) in [6.45, 7) is 4.08. The topological polar surface area (TPSA) is 64.3 Å². The Kier molecular flexibility index (Phi) is 4.75. The van der Waals surface area contributed by atoms with E-state index in [4.69, 9.17) is 10.4 Å². The zero-order valence-electron chi connectivity index (χ0n) is 10.0. The Morgan fingerprint density at radius 2 is 2.19 bits per heavy atom. The molecule has 0 radical (unpaired) electrons. The van der Waals surface area contributed by atoms with Crippen LogP contribution in [0.5, 0.6) is 0 Å². The normalized spacial score (nSPS) is 17.7. The molecule has 0 aromatic carbocycles. The highest BCUT2D eigenvalue weighted by molar-refractivity contribution is 5.81.